The van der Waals surface area contributed by atoms with Gasteiger partial charge in [0.2, 0.25) is 0 Å². The van der Waals surface area contributed by atoms with E-state index >= 15 is 0 Å². The Labute approximate surface area is 92.6 Å². The van der Waals surface area contributed by atoms with Crippen molar-refractivity contribution >= 4 is 5.97 Å². The SMILES string of the molecule is CC(C)[C@H](NCCN)C(=O)OC(C)(C)C. The first-order chi connectivity index (χ1) is 6.78. The summed E-state index contributed by atoms with van der Waals surface area (Å²) in [6.45, 7) is 10.7. The van der Waals surface area contributed by atoms with Gasteiger partial charge in [-0.1, -0.05) is 13.8 Å². The van der Waals surface area contributed by atoms with E-state index in [9.17, 15) is 4.79 Å². The molecule has 0 aliphatic carbocycles. The summed E-state index contributed by atoms with van der Waals surface area (Å²) in [7, 11) is 0. The smallest absolute Gasteiger partial charge is 0.323 e. The lowest BCUT2D eigenvalue weighted by atomic mass is 10.0. The summed E-state index contributed by atoms with van der Waals surface area (Å²) >= 11 is 0. The molecule has 3 N–H and O–H groups in total. The fraction of sp³-hybridized carbons (Fsp3) is 0.909. The summed E-state index contributed by atoms with van der Waals surface area (Å²) in [6, 6.07) is -0.271. The molecule has 1 atom stereocenters. The lowest BCUT2D eigenvalue weighted by Gasteiger charge is -2.26. The van der Waals surface area contributed by atoms with Crippen LogP contribution in [0.1, 0.15) is 34.6 Å². The van der Waals surface area contributed by atoms with E-state index in [4.69, 9.17) is 10.5 Å². The topological polar surface area (TPSA) is 64.3 Å². The first kappa shape index (κ1) is 14.4. The van der Waals surface area contributed by atoms with Crippen molar-refractivity contribution in [2.75, 3.05) is 13.1 Å². The summed E-state index contributed by atoms with van der Waals surface area (Å²) in [5.41, 5.74) is 4.95. The zero-order chi connectivity index (χ0) is 12.1. The van der Waals surface area contributed by atoms with Gasteiger partial charge in [0.15, 0.2) is 0 Å². The molecular formula is C11H24N2O2. The minimum absolute atomic E-state index is 0.200. The van der Waals surface area contributed by atoms with E-state index in [1.54, 1.807) is 0 Å². The average molecular weight is 216 g/mol. The van der Waals surface area contributed by atoms with Crippen LogP contribution in [0.15, 0.2) is 0 Å². The Balaban J connectivity index is 4.29. The number of carbonyl (C=O) groups is 1. The third-order valence-electron chi connectivity index (χ3n) is 1.84. The van der Waals surface area contributed by atoms with Crippen molar-refractivity contribution in [3.8, 4) is 0 Å². The van der Waals surface area contributed by atoms with Crippen LogP contribution < -0.4 is 11.1 Å². The Kier molecular flexibility index (Phi) is 5.83. The molecule has 0 aromatic heterocycles. The van der Waals surface area contributed by atoms with Crippen LogP contribution in [0.25, 0.3) is 0 Å². The molecule has 0 radical (unpaired) electrons. The molecule has 0 bridgehead atoms. The van der Waals surface area contributed by atoms with E-state index in [0.29, 0.717) is 13.1 Å². The van der Waals surface area contributed by atoms with Gasteiger partial charge >= 0.3 is 5.97 Å². The number of esters is 1. The second-order valence-corrected chi connectivity index (χ2v) is 5.00. The van der Waals surface area contributed by atoms with Crippen LogP contribution in [-0.2, 0) is 9.53 Å². The quantitative estimate of drug-likeness (QED) is 0.670. The van der Waals surface area contributed by atoms with Crippen molar-refractivity contribution in [1.82, 2.24) is 5.32 Å². The molecule has 4 nitrogen and oxygen atoms in total. The Hall–Kier alpha value is -0.610. The summed E-state index contributed by atoms with van der Waals surface area (Å²) < 4.78 is 5.32. The number of hydrogen-bond acceptors (Lipinski definition) is 4. The molecule has 0 aliphatic heterocycles. The van der Waals surface area contributed by atoms with Gasteiger partial charge in [-0.2, -0.15) is 0 Å². The first-order valence-electron chi connectivity index (χ1n) is 5.44. The largest absolute Gasteiger partial charge is 0.459 e. The van der Waals surface area contributed by atoms with E-state index in [0.717, 1.165) is 0 Å². The molecule has 0 heterocycles. The Morgan fingerprint density at radius 3 is 2.27 bits per heavy atom. The Morgan fingerprint density at radius 1 is 1.40 bits per heavy atom. The van der Waals surface area contributed by atoms with Crippen LogP contribution in [0.4, 0.5) is 0 Å². The number of ether oxygens (including phenoxy) is 1. The number of carbonyl (C=O) groups excluding carboxylic acids is 1. The van der Waals surface area contributed by atoms with Crippen molar-refractivity contribution in [2.45, 2.75) is 46.3 Å². The number of nitrogens with one attached hydrogen (secondary N) is 1. The number of rotatable bonds is 5. The predicted octanol–water partition coefficient (Wildman–Crippen LogP) is 0.901. The molecule has 0 amide bonds. The van der Waals surface area contributed by atoms with E-state index in [1.165, 1.54) is 0 Å². The highest BCUT2D eigenvalue weighted by molar-refractivity contribution is 5.76. The molecule has 0 spiro atoms. The fourth-order valence-electron chi connectivity index (χ4n) is 1.20. The van der Waals surface area contributed by atoms with Crippen molar-refractivity contribution in [2.24, 2.45) is 11.7 Å². The van der Waals surface area contributed by atoms with Crippen LogP contribution >= 0.6 is 0 Å². The zero-order valence-corrected chi connectivity index (χ0v) is 10.5. The monoisotopic (exact) mass is 216 g/mol. The molecule has 0 rings (SSSR count). The highest BCUT2D eigenvalue weighted by Crippen LogP contribution is 2.11. The molecule has 4 heteroatoms. The van der Waals surface area contributed by atoms with Gasteiger partial charge in [0, 0.05) is 13.1 Å². The number of hydrogen-bond donors (Lipinski definition) is 2. The number of nitrogens with two attached hydrogens (primary N) is 1. The van der Waals surface area contributed by atoms with Crippen LogP contribution in [0, 0.1) is 5.92 Å². The standard InChI is InChI=1S/C11H24N2O2/c1-8(2)9(13-7-6-12)10(14)15-11(3,4)5/h8-9,13H,6-7,12H2,1-5H3/t9-/m0/s1. The molecule has 0 unspecified atom stereocenters. The zero-order valence-electron chi connectivity index (χ0n) is 10.5. The normalized spacial score (nSPS) is 14.1. The van der Waals surface area contributed by atoms with Gasteiger partial charge in [-0.25, -0.2) is 0 Å². The molecule has 15 heavy (non-hydrogen) atoms. The lowest BCUT2D eigenvalue weighted by molar-refractivity contribution is -0.158. The van der Waals surface area contributed by atoms with Crippen LogP contribution in [0.5, 0.6) is 0 Å². The molecule has 0 saturated carbocycles. The van der Waals surface area contributed by atoms with Gasteiger partial charge in [0.1, 0.15) is 11.6 Å². The maximum absolute atomic E-state index is 11.8. The lowest BCUT2D eigenvalue weighted by Crippen LogP contribution is -2.46. The maximum atomic E-state index is 11.8. The maximum Gasteiger partial charge on any atom is 0.323 e. The Morgan fingerprint density at radius 2 is 1.93 bits per heavy atom. The average Bonchev–Trinajstić information content (AvgIpc) is 2.00. The van der Waals surface area contributed by atoms with Gasteiger partial charge in [0.25, 0.3) is 0 Å². The summed E-state index contributed by atoms with van der Waals surface area (Å²) in [5.74, 6) is -0.00245. The third-order valence-corrected chi connectivity index (χ3v) is 1.84. The second-order valence-electron chi connectivity index (χ2n) is 5.00. The van der Waals surface area contributed by atoms with Crippen LogP contribution in [0.2, 0.25) is 0 Å². The van der Waals surface area contributed by atoms with Gasteiger partial charge in [-0.3, -0.25) is 4.79 Å². The van der Waals surface area contributed by atoms with Crippen LogP contribution in [-0.4, -0.2) is 30.7 Å². The van der Waals surface area contributed by atoms with Crippen LogP contribution in [0.3, 0.4) is 0 Å². The molecule has 0 saturated heterocycles. The minimum Gasteiger partial charge on any atom is -0.459 e. The first-order valence-corrected chi connectivity index (χ1v) is 5.44. The minimum atomic E-state index is -0.436. The Bertz CT molecular complexity index is 197. The fourth-order valence-corrected chi connectivity index (χ4v) is 1.20. The molecule has 90 valence electrons. The van der Waals surface area contributed by atoms with Crippen molar-refractivity contribution < 1.29 is 9.53 Å². The second kappa shape index (κ2) is 6.08. The van der Waals surface area contributed by atoms with E-state index in [2.05, 4.69) is 5.32 Å². The predicted molar refractivity (Wildman–Crippen MR) is 61.5 cm³/mol. The highest BCUT2D eigenvalue weighted by Gasteiger charge is 2.26. The molecule has 0 fully saturated rings. The summed E-state index contributed by atoms with van der Waals surface area (Å²) in [5, 5.41) is 3.09. The van der Waals surface area contributed by atoms with Gasteiger partial charge < -0.3 is 15.8 Å². The van der Waals surface area contributed by atoms with Gasteiger partial charge in [-0.15, -0.1) is 0 Å². The van der Waals surface area contributed by atoms with Crippen molar-refractivity contribution in [3.63, 3.8) is 0 Å². The third kappa shape index (κ3) is 6.47. The van der Waals surface area contributed by atoms with E-state index < -0.39 is 5.60 Å². The molecule has 0 aromatic rings. The van der Waals surface area contributed by atoms with E-state index in [1.807, 2.05) is 34.6 Å². The summed E-state index contributed by atoms with van der Waals surface area (Å²) in [4.78, 5) is 11.8. The molecular weight excluding hydrogens is 192 g/mol. The van der Waals surface area contributed by atoms with E-state index in [-0.39, 0.29) is 17.9 Å². The summed E-state index contributed by atoms with van der Waals surface area (Å²) in [6.07, 6.45) is 0. The van der Waals surface area contributed by atoms with Crippen molar-refractivity contribution in [1.29, 1.82) is 0 Å². The van der Waals surface area contributed by atoms with Gasteiger partial charge in [0.05, 0.1) is 0 Å². The highest BCUT2D eigenvalue weighted by atomic mass is 16.6. The van der Waals surface area contributed by atoms with Gasteiger partial charge in [-0.05, 0) is 26.7 Å². The van der Waals surface area contributed by atoms with Crippen molar-refractivity contribution in [3.05, 3.63) is 0 Å². The molecule has 0 aromatic carbocycles. The molecule has 0 aliphatic rings.